The summed E-state index contributed by atoms with van der Waals surface area (Å²) in [6.45, 7) is 3.57. The van der Waals surface area contributed by atoms with Gasteiger partial charge in [-0.05, 0) is 31.5 Å². The second-order valence-electron chi connectivity index (χ2n) is 5.29. The third-order valence-electron chi connectivity index (χ3n) is 3.47. The van der Waals surface area contributed by atoms with Crippen LogP contribution in [-0.4, -0.2) is 16.8 Å². The molecular weight excluding hydrogens is 362 g/mol. The Morgan fingerprint density at radius 2 is 1.96 bits per heavy atom. The Hall–Kier alpha value is -2.64. The van der Waals surface area contributed by atoms with Gasteiger partial charge in [-0.1, -0.05) is 35.1 Å². The molecule has 0 saturated heterocycles. The van der Waals surface area contributed by atoms with Gasteiger partial charge in [0.1, 0.15) is 11.1 Å². The van der Waals surface area contributed by atoms with Crippen molar-refractivity contribution in [2.75, 3.05) is 10.6 Å². The van der Waals surface area contributed by atoms with Crippen LogP contribution < -0.4 is 10.6 Å². The minimum atomic E-state index is -0.351. The highest BCUT2D eigenvalue weighted by Gasteiger charge is 2.19. The lowest BCUT2D eigenvalue weighted by Gasteiger charge is -2.09. The first-order chi connectivity index (χ1) is 12.0. The van der Waals surface area contributed by atoms with Crippen molar-refractivity contribution in [1.29, 1.82) is 0 Å². The number of nitrogens with one attached hydrogen (secondary N) is 2. The lowest BCUT2D eigenvalue weighted by atomic mass is 10.2. The van der Waals surface area contributed by atoms with E-state index in [0.29, 0.717) is 32.0 Å². The molecule has 2 amide bonds. The van der Waals surface area contributed by atoms with Gasteiger partial charge in [-0.2, -0.15) is 0 Å². The van der Waals surface area contributed by atoms with E-state index in [4.69, 9.17) is 16.0 Å². The molecule has 2 aromatic heterocycles. The van der Waals surface area contributed by atoms with Crippen LogP contribution in [0, 0.1) is 13.8 Å². The number of rotatable bonds is 4. The molecule has 0 fully saturated rings. The Morgan fingerprint density at radius 3 is 2.64 bits per heavy atom. The number of anilines is 2. The second kappa shape index (κ2) is 7.08. The molecular formula is C17H14ClN3O3S. The number of hydrogen-bond acceptors (Lipinski definition) is 5. The Bertz CT molecular complexity index is 915. The lowest BCUT2D eigenvalue weighted by molar-refractivity contribution is 0.101. The molecule has 0 aliphatic rings. The van der Waals surface area contributed by atoms with Crippen LogP contribution >= 0.6 is 22.9 Å². The van der Waals surface area contributed by atoms with Gasteiger partial charge in [0.15, 0.2) is 5.13 Å². The van der Waals surface area contributed by atoms with E-state index in [9.17, 15) is 9.59 Å². The highest BCUT2D eigenvalue weighted by atomic mass is 35.5. The predicted octanol–water partition coefficient (Wildman–Crippen LogP) is 4.51. The van der Waals surface area contributed by atoms with Gasteiger partial charge >= 0.3 is 0 Å². The Labute approximate surface area is 152 Å². The molecule has 25 heavy (non-hydrogen) atoms. The van der Waals surface area contributed by atoms with Gasteiger partial charge in [0, 0.05) is 0 Å². The molecule has 6 nitrogen and oxygen atoms in total. The van der Waals surface area contributed by atoms with Gasteiger partial charge in [-0.15, -0.1) is 0 Å². The molecule has 0 radical (unpaired) electrons. The molecule has 2 heterocycles. The fraction of sp³-hybridized carbons (Fsp3) is 0.118. The molecule has 1 aromatic carbocycles. The number of aryl methyl sites for hydroxylation is 2. The van der Waals surface area contributed by atoms with E-state index in [1.807, 2.05) is 19.1 Å². The van der Waals surface area contributed by atoms with Crippen LogP contribution in [0.1, 0.15) is 31.3 Å². The molecule has 2 N–H and O–H groups in total. The van der Waals surface area contributed by atoms with Crippen molar-refractivity contribution < 1.29 is 14.0 Å². The molecule has 0 spiro atoms. The number of furan rings is 1. The van der Waals surface area contributed by atoms with Gasteiger partial charge in [-0.25, -0.2) is 4.98 Å². The monoisotopic (exact) mass is 375 g/mol. The summed E-state index contributed by atoms with van der Waals surface area (Å²) in [5.41, 5.74) is 2.32. The summed E-state index contributed by atoms with van der Waals surface area (Å²) in [5, 5.41) is 6.25. The summed E-state index contributed by atoms with van der Waals surface area (Å²) >= 11 is 7.23. The van der Waals surface area contributed by atoms with Gasteiger partial charge in [-0.3, -0.25) is 14.9 Å². The second-order valence-corrected chi connectivity index (χ2v) is 6.69. The maximum absolute atomic E-state index is 12.5. The predicted molar refractivity (Wildman–Crippen MR) is 97.7 cm³/mol. The third kappa shape index (κ3) is 3.72. The van der Waals surface area contributed by atoms with Gasteiger partial charge in [0.2, 0.25) is 0 Å². The summed E-state index contributed by atoms with van der Waals surface area (Å²) in [5.74, 6) is -0.675. The topological polar surface area (TPSA) is 84.2 Å². The number of carbonyl (C=O) groups excluding carboxylic acids is 2. The summed E-state index contributed by atoms with van der Waals surface area (Å²) in [6.07, 6.45) is 2.75. The maximum atomic E-state index is 12.5. The van der Waals surface area contributed by atoms with Crippen molar-refractivity contribution in [2.24, 2.45) is 0 Å². The normalized spacial score (nSPS) is 10.5. The first-order valence-electron chi connectivity index (χ1n) is 7.33. The molecule has 0 aliphatic carbocycles. The first-order valence-corrected chi connectivity index (χ1v) is 8.52. The maximum Gasteiger partial charge on any atom is 0.267 e. The van der Waals surface area contributed by atoms with E-state index >= 15 is 0 Å². The zero-order chi connectivity index (χ0) is 18.0. The van der Waals surface area contributed by atoms with E-state index in [-0.39, 0.29) is 11.8 Å². The minimum Gasteiger partial charge on any atom is -0.472 e. The Kier molecular flexibility index (Phi) is 4.87. The van der Waals surface area contributed by atoms with Gasteiger partial charge in [0.05, 0.1) is 28.2 Å². The van der Waals surface area contributed by atoms with Crippen molar-refractivity contribution in [2.45, 2.75) is 13.8 Å². The lowest BCUT2D eigenvalue weighted by Crippen LogP contribution is -2.12. The standard InChI is InChI=1S/C17H14ClN3O3S/c1-9-4-3-5-12(18)13(9)20-16(23)14-10(2)19-17(25-14)21-15(22)11-6-7-24-8-11/h3-8H,1-2H3,(H,20,23)(H,19,21,22). The molecule has 128 valence electrons. The summed E-state index contributed by atoms with van der Waals surface area (Å²) in [6, 6.07) is 6.93. The number of para-hydroxylation sites is 1. The molecule has 3 aromatic rings. The first kappa shape index (κ1) is 17.2. The fourth-order valence-electron chi connectivity index (χ4n) is 2.18. The van der Waals surface area contributed by atoms with Crippen LogP contribution in [-0.2, 0) is 0 Å². The van der Waals surface area contributed by atoms with Crippen LogP contribution in [0.25, 0.3) is 0 Å². The van der Waals surface area contributed by atoms with E-state index in [2.05, 4.69) is 15.6 Å². The van der Waals surface area contributed by atoms with E-state index in [1.165, 1.54) is 12.5 Å². The Balaban J connectivity index is 1.78. The quantitative estimate of drug-likeness (QED) is 0.702. The molecule has 0 unspecified atom stereocenters. The van der Waals surface area contributed by atoms with Crippen molar-refractivity contribution in [3.63, 3.8) is 0 Å². The number of benzene rings is 1. The van der Waals surface area contributed by atoms with Crippen molar-refractivity contribution in [3.8, 4) is 0 Å². The van der Waals surface area contributed by atoms with Gasteiger partial charge < -0.3 is 9.73 Å². The zero-order valence-corrected chi connectivity index (χ0v) is 15.0. The van der Waals surface area contributed by atoms with Crippen LogP contribution in [0.15, 0.2) is 41.2 Å². The van der Waals surface area contributed by atoms with Crippen LogP contribution in [0.2, 0.25) is 5.02 Å². The van der Waals surface area contributed by atoms with Crippen molar-refractivity contribution >= 4 is 45.6 Å². The highest BCUT2D eigenvalue weighted by Crippen LogP contribution is 2.28. The van der Waals surface area contributed by atoms with Crippen LogP contribution in [0.5, 0.6) is 0 Å². The number of carbonyl (C=O) groups is 2. The number of halogens is 1. The molecule has 0 bridgehead atoms. The SMILES string of the molecule is Cc1cccc(Cl)c1NC(=O)c1sc(NC(=O)c2ccoc2)nc1C. The minimum absolute atomic E-state index is 0.324. The average Bonchev–Trinajstić information content (AvgIpc) is 3.21. The fourth-order valence-corrected chi connectivity index (χ4v) is 3.31. The Morgan fingerprint density at radius 1 is 1.16 bits per heavy atom. The molecule has 3 rings (SSSR count). The summed E-state index contributed by atoms with van der Waals surface area (Å²) < 4.78 is 4.87. The highest BCUT2D eigenvalue weighted by molar-refractivity contribution is 7.17. The zero-order valence-electron chi connectivity index (χ0n) is 13.4. The van der Waals surface area contributed by atoms with Crippen molar-refractivity contribution in [1.82, 2.24) is 4.98 Å². The number of aromatic nitrogens is 1. The molecule has 8 heteroatoms. The summed E-state index contributed by atoms with van der Waals surface area (Å²) in [4.78, 5) is 29.2. The van der Waals surface area contributed by atoms with E-state index in [0.717, 1.165) is 16.9 Å². The largest absolute Gasteiger partial charge is 0.472 e. The summed E-state index contributed by atoms with van der Waals surface area (Å²) in [7, 11) is 0. The smallest absolute Gasteiger partial charge is 0.267 e. The van der Waals surface area contributed by atoms with Crippen LogP contribution in [0.3, 0.4) is 0 Å². The number of amides is 2. The third-order valence-corrected chi connectivity index (χ3v) is 4.85. The molecule has 0 atom stereocenters. The van der Waals surface area contributed by atoms with E-state index < -0.39 is 0 Å². The molecule has 0 aliphatic heterocycles. The molecule has 0 saturated carbocycles. The number of nitrogens with zero attached hydrogens (tertiary/aromatic N) is 1. The van der Waals surface area contributed by atoms with Crippen LogP contribution in [0.4, 0.5) is 10.8 Å². The van der Waals surface area contributed by atoms with E-state index in [1.54, 1.807) is 19.1 Å². The average molecular weight is 376 g/mol. The number of hydrogen-bond donors (Lipinski definition) is 2. The van der Waals surface area contributed by atoms with Crippen molar-refractivity contribution in [3.05, 3.63) is 63.5 Å². The number of thiazole rings is 1. The van der Waals surface area contributed by atoms with Gasteiger partial charge in [0.25, 0.3) is 11.8 Å².